The van der Waals surface area contributed by atoms with Crippen LogP contribution in [0.4, 0.5) is 4.79 Å². The zero-order chi connectivity index (χ0) is 16.6. The van der Waals surface area contributed by atoms with E-state index in [4.69, 9.17) is 4.74 Å². The Balaban J connectivity index is 1.99. The molecule has 1 aromatic carbocycles. The fourth-order valence-electron chi connectivity index (χ4n) is 3.09. The van der Waals surface area contributed by atoms with Gasteiger partial charge >= 0.3 is 11.8 Å². The Bertz CT molecular complexity index is 769. The lowest BCUT2D eigenvalue weighted by atomic mass is 10.1. The predicted octanol–water partition coefficient (Wildman–Crippen LogP) is 3.25. The van der Waals surface area contributed by atoms with Gasteiger partial charge in [0.2, 0.25) is 0 Å². The summed E-state index contributed by atoms with van der Waals surface area (Å²) in [6, 6.07) is 7.55. The van der Waals surface area contributed by atoms with Gasteiger partial charge in [-0.2, -0.15) is 0 Å². The molecule has 6 heteroatoms. The second-order valence-corrected chi connectivity index (χ2v) is 6.97. The Hall–Kier alpha value is -2.24. The zero-order valence-electron chi connectivity index (χ0n) is 13.8. The number of H-pyrrole nitrogens is 1. The Kier molecular flexibility index (Phi) is 3.92. The number of rotatable bonds is 1. The number of ether oxygens (including phenoxy) is 1. The molecular formula is C17H23N3O3. The van der Waals surface area contributed by atoms with E-state index in [0.29, 0.717) is 6.54 Å². The molecular weight excluding hydrogens is 294 g/mol. The van der Waals surface area contributed by atoms with E-state index in [-0.39, 0.29) is 17.9 Å². The molecule has 1 aromatic heterocycles. The summed E-state index contributed by atoms with van der Waals surface area (Å²) in [5, 5.41) is 0. The van der Waals surface area contributed by atoms with Crippen molar-refractivity contribution in [1.29, 1.82) is 0 Å². The number of nitrogens with one attached hydrogen (secondary N) is 1. The maximum atomic E-state index is 12.5. The highest BCUT2D eigenvalue weighted by molar-refractivity contribution is 5.75. The van der Waals surface area contributed by atoms with E-state index in [1.165, 1.54) is 0 Å². The number of benzene rings is 1. The summed E-state index contributed by atoms with van der Waals surface area (Å²) in [4.78, 5) is 29.5. The van der Waals surface area contributed by atoms with Crippen molar-refractivity contribution >= 4 is 17.1 Å². The maximum absolute atomic E-state index is 12.5. The van der Waals surface area contributed by atoms with Crippen LogP contribution in [-0.2, 0) is 4.74 Å². The molecule has 2 heterocycles. The first-order valence-corrected chi connectivity index (χ1v) is 8.06. The van der Waals surface area contributed by atoms with Gasteiger partial charge in [0.1, 0.15) is 11.8 Å². The highest BCUT2D eigenvalue weighted by Crippen LogP contribution is 2.29. The van der Waals surface area contributed by atoms with Crippen LogP contribution in [0.1, 0.15) is 46.2 Å². The molecule has 23 heavy (non-hydrogen) atoms. The van der Waals surface area contributed by atoms with Gasteiger partial charge in [-0.25, -0.2) is 9.59 Å². The summed E-state index contributed by atoms with van der Waals surface area (Å²) < 4.78 is 7.20. The van der Waals surface area contributed by atoms with Crippen LogP contribution >= 0.6 is 0 Å². The molecule has 124 valence electrons. The van der Waals surface area contributed by atoms with Crippen molar-refractivity contribution in [3.63, 3.8) is 0 Å². The minimum Gasteiger partial charge on any atom is -0.444 e. The fraction of sp³-hybridized carbons (Fsp3) is 0.529. The van der Waals surface area contributed by atoms with E-state index in [0.717, 1.165) is 30.3 Å². The quantitative estimate of drug-likeness (QED) is 0.878. The third-order valence-electron chi connectivity index (χ3n) is 4.02. The second kappa shape index (κ2) is 5.76. The summed E-state index contributed by atoms with van der Waals surface area (Å²) in [7, 11) is 0. The van der Waals surface area contributed by atoms with E-state index in [1.54, 1.807) is 9.47 Å². The number of fused-ring (bicyclic) bond motifs is 1. The summed E-state index contributed by atoms with van der Waals surface area (Å²) in [6.45, 7) is 6.15. The number of aromatic nitrogens is 2. The second-order valence-electron chi connectivity index (χ2n) is 6.97. The summed E-state index contributed by atoms with van der Waals surface area (Å²) in [5.41, 5.74) is 0.862. The largest absolute Gasteiger partial charge is 0.444 e. The highest BCUT2D eigenvalue weighted by atomic mass is 16.6. The lowest BCUT2D eigenvalue weighted by molar-refractivity contribution is -0.000963. The normalized spacial score (nSPS) is 19.1. The predicted molar refractivity (Wildman–Crippen MR) is 88.4 cm³/mol. The number of piperidine rings is 1. The average molecular weight is 317 g/mol. The van der Waals surface area contributed by atoms with E-state index in [2.05, 4.69) is 4.98 Å². The molecule has 2 aromatic rings. The van der Waals surface area contributed by atoms with Gasteiger partial charge in [0, 0.05) is 6.54 Å². The number of nitrogens with zero attached hydrogens (tertiary/aromatic N) is 2. The molecule has 0 bridgehead atoms. The van der Waals surface area contributed by atoms with Gasteiger partial charge in [-0.05, 0) is 52.2 Å². The summed E-state index contributed by atoms with van der Waals surface area (Å²) >= 11 is 0. The number of carbonyl (C=O) groups is 1. The van der Waals surface area contributed by atoms with Gasteiger partial charge in [-0.15, -0.1) is 0 Å². The minimum absolute atomic E-state index is 0.188. The highest BCUT2D eigenvalue weighted by Gasteiger charge is 2.33. The first kappa shape index (κ1) is 15.6. The molecule has 3 rings (SSSR count). The van der Waals surface area contributed by atoms with Crippen molar-refractivity contribution in [2.75, 3.05) is 6.54 Å². The molecule has 0 unspecified atom stereocenters. The molecule has 1 aliphatic heterocycles. The van der Waals surface area contributed by atoms with Crippen LogP contribution in [0.2, 0.25) is 0 Å². The van der Waals surface area contributed by atoms with Crippen LogP contribution in [0.15, 0.2) is 29.1 Å². The number of likely N-dealkylation sites (tertiary alicyclic amines) is 1. The number of amides is 1. The molecule has 1 amide bonds. The van der Waals surface area contributed by atoms with Crippen LogP contribution in [-0.4, -0.2) is 32.7 Å². The number of para-hydroxylation sites is 2. The van der Waals surface area contributed by atoms with Crippen LogP contribution in [0.3, 0.4) is 0 Å². The van der Waals surface area contributed by atoms with Gasteiger partial charge in [-0.3, -0.25) is 9.47 Å². The van der Waals surface area contributed by atoms with Gasteiger partial charge < -0.3 is 9.72 Å². The van der Waals surface area contributed by atoms with Crippen molar-refractivity contribution in [1.82, 2.24) is 14.5 Å². The molecule has 0 aliphatic carbocycles. The Morgan fingerprint density at radius 3 is 2.74 bits per heavy atom. The van der Waals surface area contributed by atoms with E-state index >= 15 is 0 Å². The first-order chi connectivity index (χ1) is 10.9. The Morgan fingerprint density at radius 2 is 2.00 bits per heavy atom. The van der Waals surface area contributed by atoms with Crippen molar-refractivity contribution in [2.24, 2.45) is 0 Å². The SMILES string of the molecule is CC(C)(C)OC(=O)N1CCCC[C@@H]1n1c(=O)[nH]c2ccccc21. The van der Waals surface area contributed by atoms with Crippen molar-refractivity contribution in [3.05, 3.63) is 34.7 Å². The lowest BCUT2D eigenvalue weighted by Gasteiger charge is -2.37. The van der Waals surface area contributed by atoms with Gasteiger partial charge in [-0.1, -0.05) is 12.1 Å². The monoisotopic (exact) mass is 317 g/mol. The van der Waals surface area contributed by atoms with E-state index in [1.807, 2.05) is 45.0 Å². The van der Waals surface area contributed by atoms with Crippen LogP contribution in [0, 0.1) is 0 Å². The first-order valence-electron chi connectivity index (χ1n) is 8.06. The average Bonchev–Trinajstić information content (AvgIpc) is 2.81. The Morgan fingerprint density at radius 1 is 1.26 bits per heavy atom. The van der Waals surface area contributed by atoms with Crippen molar-refractivity contribution in [3.8, 4) is 0 Å². The summed E-state index contributed by atoms with van der Waals surface area (Å²) in [6.07, 6.45) is 1.99. The van der Waals surface area contributed by atoms with E-state index in [9.17, 15) is 9.59 Å². The molecule has 0 spiro atoms. The molecule has 1 fully saturated rings. The molecule has 1 atom stereocenters. The number of carbonyl (C=O) groups excluding carboxylic acids is 1. The fourth-order valence-corrected chi connectivity index (χ4v) is 3.09. The molecule has 0 radical (unpaired) electrons. The molecule has 1 aliphatic rings. The molecule has 1 saturated heterocycles. The topological polar surface area (TPSA) is 67.3 Å². The number of imidazole rings is 1. The van der Waals surface area contributed by atoms with Crippen molar-refractivity contribution < 1.29 is 9.53 Å². The number of hydrogen-bond donors (Lipinski definition) is 1. The summed E-state index contributed by atoms with van der Waals surface area (Å²) in [5.74, 6) is 0. The van der Waals surface area contributed by atoms with Crippen LogP contribution < -0.4 is 5.69 Å². The van der Waals surface area contributed by atoms with Crippen LogP contribution in [0.5, 0.6) is 0 Å². The molecule has 6 nitrogen and oxygen atoms in total. The molecule has 0 saturated carbocycles. The minimum atomic E-state index is -0.551. The smallest absolute Gasteiger partial charge is 0.411 e. The number of aromatic amines is 1. The van der Waals surface area contributed by atoms with Crippen LogP contribution in [0.25, 0.3) is 11.0 Å². The zero-order valence-corrected chi connectivity index (χ0v) is 13.8. The third-order valence-corrected chi connectivity index (χ3v) is 4.02. The number of hydrogen-bond acceptors (Lipinski definition) is 3. The van der Waals surface area contributed by atoms with Gasteiger partial charge in [0.25, 0.3) is 0 Å². The van der Waals surface area contributed by atoms with E-state index < -0.39 is 5.60 Å². The van der Waals surface area contributed by atoms with Gasteiger partial charge in [0.15, 0.2) is 0 Å². The third kappa shape index (κ3) is 3.11. The lowest BCUT2D eigenvalue weighted by Crippen LogP contribution is -2.45. The van der Waals surface area contributed by atoms with Crippen molar-refractivity contribution in [2.45, 2.75) is 51.8 Å². The van der Waals surface area contributed by atoms with Gasteiger partial charge in [0.05, 0.1) is 11.0 Å². The standard InChI is InChI=1S/C17H23N3O3/c1-17(2,3)23-16(22)19-11-7-6-10-14(19)20-13-9-5-4-8-12(13)18-15(20)21/h4-5,8-9,14H,6-7,10-11H2,1-3H3,(H,18,21)/t14-/m0/s1. The molecule has 1 N–H and O–H groups in total. The Labute approximate surface area is 135 Å². The maximum Gasteiger partial charge on any atom is 0.411 e.